The highest BCUT2D eigenvalue weighted by Gasteiger charge is 2.19. The Morgan fingerprint density at radius 1 is 1.41 bits per heavy atom. The molecule has 0 fully saturated rings. The van der Waals surface area contributed by atoms with Gasteiger partial charge in [-0.25, -0.2) is 0 Å². The van der Waals surface area contributed by atoms with Crippen LogP contribution < -0.4 is 5.73 Å². The number of esters is 1. The van der Waals surface area contributed by atoms with Crippen LogP contribution in [0.1, 0.15) is 24.9 Å². The molecule has 0 amide bonds. The van der Waals surface area contributed by atoms with Crippen molar-refractivity contribution in [3.63, 3.8) is 0 Å². The van der Waals surface area contributed by atoms with E-state index in [0.29, 0.717) is 5.75 Å². The minimum atomic E-state index is -0.200. The summed E-state index contributed by atoms with van der Waals surface area (Å²) in [6.07, 6.45) is 0.928. The Morgan fingerprint density at radius 2 is 2.06 bits per heavy atom. The number of thioether (sulfide) groups is 1. The van der Waals surface area contributed by atoms with Crippen LogP contribution in [0.15, 0.2) is 30.3 Å². The lowest BCUT2D eigenvalue weighted by molar-refractivity contribution is -0.137. The van der Waals surface area contributed by atoms with Gasteiger partial charge in [0.15, 0.2) is 0 Å². The van der Waals surface area contributed by atoms with Crippen molar-refractivity contribution in [1.82, 2.24) is 0 Å². The van der Waals surface area contributed by atoms with E-state index in [2.05, 4.69) is 11.7 Å². The third kappa shape index (κ3) is 4.40. The fourth-order valence-electron chi connectivity index (χ4n) is 1.60. The minimum absolute atomic E-state index is 0.0455. The molecule has 1 rings (SSSR count). The fraction of sp³-hybridized carbons (Fsp3) is 0.462. The summed E-state index contributed by atoms with van der Waals surface area (Å²) < 4.78 is 4.63. The number of rotatable bonds is 6. The normalized spacial score (nSPS) is 14.1. The topological polar surface area (TPSA) is 52.3 Å². The maximum absolute atomic E-state index is 11.1. The van der Waals surface area contributed by atoms with E-state index in [1.165, 1.54) is 7.11 Å². The molecular formula is C13H19NO2S. The van der Waals surface area contributed by atoms with Gasteiger partial charge in [0, 0.05) is 11.3 Å². The van der Waals surface area contributed by atoms with Crippen LogP contribution in [0, 0.1) is 0 Å². The molecule has 1 aromatic rings. The Hall–Kier alpha value is -1.00. The summed E-state index contributed by atoms with van der Waals surface area (Å²) in [5, 5.41) is 0.233. The van der Waals surface area contributed by atoms with Gasteiger partial charge in [0.25, 0.3) is 0 Å². The van der Waals surface area contributed by atoms with Crippen molar-refractivity contribution in [2.45, 2.75) is 24.6 Å². The molecule has 0 saturated heterocycles. The molecule has 3 nitrogen and oxygen atoms in total. The third-order valence-electron chi connectivity index (χ3n) is 2.63. The van der Waals surface area contributed by atoms with E-state index in [9.17, 15) is 4.79 Å². The van der Waals surface area contributed by atoms with Crippen molar-refractivity contribution >= 4 is 17.7 Å². The maximum Gasteiger partial charge on any atom is 0.315 e. The zero-order valence-electron chi connectivity index (χ0n) is 10.3. The van der Waals surface area contributed by atoms with Gasteiger partial charge in [0.05, 0.1) is 12.9 Å². The summed E-state index contributed by atoms with van der Waals surface area (Å²) in [5.74, 6) is 0.156. The van der Waals surface area contributed by atoms with Crippen molar-refractivity contribution in [2.75, 3.05) is 12.9 Å². The molecule has 17 heavy (non-hydrogen) atoms. The number of ether oxygens (including phenoxy) is 1. The molecule has 0 aliphatic rings. The van der Waals surface area contributed by atoms with E-state index in [0.717, 1.165) is 12.0 Å². The molecule has 0 aromatic heterocycles. The van der Waals surface area contributed by atoms with Crippen molar-refractivity contribution in [3.05, 3.63) is 35.9 Å². The first-order valence-electron chi connectivity index (χ1n) is 5.68. The van der Waals surface area contributed by atoms with Crippen LogP contribution in [-0.4, -0.2) is 24.1 Å². The zero-order valence-corrected chi connectivity index (χ0v) is 11.1. The van der Waals surface area contributed by atoms with Crippen LogP contribution in [0.25, 0.3) is 0 Å². The molecule has 0 aliphatic heterocycles. The Bertz CT molecular complexity index is 343. The van der Waals surface area contributed by atoms with E-state index >= 15 is 0 Å². The Balaban J connectivity index is 2.58. The van der Waals surface area contributed by atoms with Gasteiger partial charge < -0.3 is 10.5 Å². The summed E-state index contributed by atoms with van der Waals surface area (Å²) in [6, 6.07) is 9.92. The van der Waals surface area contributed by atoms with Gasteiger partial charge in [-0.05, 0) is 12.0 Å². The standard InChI is InChI=1S/C13H19NO2S/c1-3-11(17-9-12(15)16-2)13(14)10-7-5-4-6-8-10/h4-8,11,13H,3,9,14H2,1-2H3. The molecule has 2 N–H and O–H groups in total. The first-order chi connectivity index (χ1) is 8.19. The van der Waals surface area contributed by atoms with Crippen LogP contribution in [0.5, 0.6) is 0 Å². The van der Waals surface area contributed by atoms with Crippen LogP contribution in [0.2, 0.25) is 0 Å². The van der Waals surface area contributed by atoms with Gasteiger partial charge in [-0.2, -0.15) is 0 Å². The van der Waals surface area contributed by atoms with E-state index in [1.54, 1.807) is 11.8 Å². The molecule has 2 atom stereocenters. The van der Waals surface area contributed by atoms with Gasteiger partial charge >= 0.3 is 5.97 Å². The summed E-state index contributed by atoms with van der Waals surface area (Å²) in [7, 11) is 1.40. The lowest BCUT2D eigenvalue weighted by atomic mass is 10.0. The third-order valence-corrected chi connectivity index (χ3v) is 4.09. The van der Waals surface area contributed by atoms with Crippen molar-refractivity contribution < 1.29 is 9.53 Å². The van der Waals surface area contributed by atoms with Crippen molar-refractivity contribution in [3.8, 4) is 0 Å². The molecule has 1 aromatic carbocycles. The predicted octanol–water partition coefficient (Wildman–Crippen LogP) is 2.37. The van der Waals surface area contributed by atoms with E-state index in [4.69, 9.17) is 5.73 Å². The van der Waals surface area contributed by atoms with Gasteiger partial charge in [0.2, 0.25) is 0 Å². The number of methoxy groups -OCH3 is 1. The highest BCUT2D eigenvalue weighted by atomic mass is 32.2. The number of carbonyl (C=O) groups excluding carboxylic acids is 1. The number of nitrogens with two attached hydrogens (primary N) is 1. The largest absolute Gasteiger partial charge is 0.468 e. The van der Waals surface area contributed by atoms with Crippen molar-refractivity contribution in [2.24, 2.45) is 5.73 Å². The van der Waals surface area contributed by atoms with E-state index in [1.807, 2.05) is 30.3 Å². The van der Waals surface area contributed by atoms with Crippen LogP contribution in [-0.2, 0) is 9.53 Å². The molecule has 0 heterocycles. The first-order valence-corrected chi connectivity index (χ1v) is 6.72. The Labute approximate surface area is 107 Å². The molecule has 0 aliphatic carbocycles. The van der Waals surface area contributed by atoms with Crippen LogP contribution in [0.3, 0.4) is 0 Å². The molecule has 0 spiro atoms. The smallest absolute Gasteiger partial charge is 0.315 e. The van der Waals surface area contributed by atoms with Gasteiger partial charge in [-0.1, -0.05) is 37.3 Å². The summed E-state index contributed by atoms with van der Waals surface area (Å²) in [6.45, 7) is 2.08. The number of hydrogen-bond donors (Lipinski definition) is 1. The second-order valence-electron chi connectivity index (χ2n) is 3.77. The molecule has 0 bridgehead atoms. The Kier molecular flexibility index (Phi) is 6.08. The summed E-state index contributed by atoms with van der Waals surface area (Å²) in [4.78, 5) is 11.1. The maximum atomic E-state index is 11.1. The van der Waals surface area contributed by atoms with Gasteiger partial charge in [-0.3, -0.25) is 4.79 Å². The number of hydrogen-bond acceptors (Lipinski definition) is 4. The first kappa shape index (κ1) is 14.1. The highest BCUT2D eigenvalue weighted by Crippen LogP contribution is 2.27. The van der Waals surface area contributed by atoms with Crippen molar-refractivity contribution in [1.29, 1.82) is 0 Å². The second kappa shape index (κ2) is 7.35. The SMILES string of the molecule is CCC(SCC(=O)OC)C(N)c1ccccc1. The van der Waals surface area contributed by atoms with Gasteiger partial charge in [-0.15, -0.1) is 11.8 Å². The monoisotopic (exact) mass is 253 g/mol. The summed E-state index contributed by atoms with van der Waals surface area (Å²) in [5.41, 5.74) is 7.31. The fourth-order valence-corrected chi connectivity index (χ4v) is 2.67. The molecule has 4 heteroatoms. The molecule has 2 unspecified atom stereocenters. The average Bonchev–Trinajstić information content (AvgIpc) is 2.39. The predicted molar refractivity (Wildman–Crippen MR) is 71.9 cm³/mol. The molecular weight excluding hydrogens is 234 g/mol. The second-order valence-corrected chi connectivity index (χ2v) is 5.00. The quantitative estimate of drug-likeness (QED) is 0.791. The van der Waals surface area contributed by atoms with Crippen LogP contribution in [0.4, 0.5) is 0 Å². The zero-order chi connectivity index (χ0) is 12.7. The Morgan fingerprint density at radius 3 is 2.59 bits per heavy atom. The van der Waals surface area contributed by atoms with E-state index in [-0.39, 0.29) is 17.3 Å². The lowest BCUT2D eigenvalue weighted by Crippen LogP contribution is -2.24. The van der Waals surface area contributed by atoms with E-state index < -0.39 is 0 Å². The lowest BCUT2D eigenvalue weighted by Gasteiger charge is -2.22. The number of carbonyl (C=O) groups is 1. The van der Waals surface area contributed by atoms with Crippen LogP contribution >= 0.6 is 11.8 Å². The molecule has 0 radical (unpaired) electrons. The average molecular weight is 253 g/mol. The van der Waals surface area contributed by atoms with Gasteiger partial charge in [0.1, 0.15) is 0 Å². The molecule has 0 saturated carbocycles. The number of benzene rings is 1. The highest BCUT2D eigenvalue weighted by molar-refractivity contribution is 8.00. The minimum Gasteiger partial charge on any atom is -0.468 e. The summed E-state index contributed by atoms with van der Waals surface area (Å²) >= 11 is 1.56. The molecule has 94 valence electrons.